The van der Waals surface area contributed by atoms with Crippen LogP contribution in [0.1, 0.15) is 19.8 Å². The van der Waals surface area contributed by atoms with E-state index in [4.69, 9.17) is 4.74 Å². The molecule has 124 valence electrons. The van der Waals surface area contributed by atoms with E-state index >= 15 is 0 Å². The zero-order chi connectivity index (χ0) is 16.6. The molecule has 1 unspecified atom stereocenters. The SMILES string of the molecule is CC(Oc1ccccc1F)C(=O)N1C[C@H](C(=O)O)[C@@H](C2CC2)C1. The Bertz CT molecular complexity index is 616. The van der Waals surface area contributed by atoms with Crippen LogP contribution in [0.5, 0.6) is 5.75 Å². The fourth-order valence-corrected chi connectivity index (χ4v) is 3.31. The van der Waals surface area contributed by atoms with E-state index in [1.54, 1.807) is 24.0 Å². The van der Waals surface area contributed by atoms with Gasteiger partial charge in [-0.2, -0.15) is 0 Å². The molecule has 1 aliphatic carbocycles. The average molecular weight is 321 g/mol. The summed E-state index contributed by atoms with van der Waals surface area (Å²) in [7, 11) is 0. The van der Waals surface area contributed by atoms with E-state index in [0.717, 1.165) is 12.8 Å². The van der Waals surface area contributed by atoms with Crippen molar-refractivity contribution in [2.75, 3.05) is 13.1 Å². The molecule has 6 heteroatoms. The molecule has 1 amide bonds. The number of likely N-dealkylation sites (tertiary alicyclic amines) is 1. The van der Waals surface area contributed by atoms with E-state index in [1.165, 1.54) is 12.1 Å². The third-order valence-electron chi connectivity index (χ3n) is 4.71. The summed E-state index contributed by atoms with van der Waals surface area (Å²) in [6.45, 7) is 2.22. The van der Waals surface area contributed by atoms with Crippen LogP contribution in [0.25, 0.3) is 0 Å². The lowest BCUT2D eigenvalue weighted by Crippen LogP contribution is -2.39. The maximum atomic E-state index is 13.6. The van der Waals surface area contributed by atoms with E-state index in [0.29, 0.717) is 12.5 Å². The summed E-state index contributed by atoms with van der Waals surface area (Å²) in [6.07, 6.45) is 1.23. The van der Waals surface area contributed by atoms with Crippen molar-refractivity contribution in [3.8, 4) is 5.75 Å². The van der Waals surface area contributed by atoms with Gasteiger partial charge in [-0.05, 0) is 43.7 Å². The third kappa shape index (κ3) is 3.30. The Labute approximate surface area is 134 Å². The highest BCUT2D eigenvalue weighted by atomic mass is 19.1. The number of carbonyl (C=O) groups is 2. The fourth-order valence-electron chi connectivity index (χ4n) is 3.31. The first-order chi connectivity index (χ1) is 11.0. The molecule has 0 radical (unpaired) electrons. The van der Waals surface area contributed by atoms with Gasteiger partial charge in [-0.1, -0.05) is 12.1 Å². The van der Waals surface area contributed by atoms with Crippen LogP contribution in [0, 0.1) is 23.6 Å². The summed E-state index contributed by atoms with van der Waals surface area (Å²) in [5.41, 5.74) is 0. The number of amides is 1. The van der Waals surface area contributed by atoms with Gasteiger partial charge in [0, 0.05) is 13.1 Å². The number of carboxylic acid groups (broad SMARTS) is 1. The number of carboxylic acids is 1. The first-order valence-corrected chi connectivity index (χ1v) is 7.90. The van der Waals surface area contributed by atoms with Gasteiger partial charge in [-0.25, -0.2) is 4.39 Å². The number of para-hydroxylation sites is 1. The van der Waals surface area contributed by atoms with Gasteiger partial charge in [0.2, 0.25) is 0 Å². The molecule has 1 aromatic carbocycles. The first-order valence-electron chi connectivity index (χ1n) is 7.90. The smallest absolute Gasteiger partial charge is 0.308 e. The largest absolute Gasteiger partial charge is 0.481 e. The van der Waals surface area contributed by atoms with Gasteiger partial charge in [-0.15, -0.1) is 0 Å². The number of rotatable bonds is 5. The molecule has 5 nitrogen and oxygen atoms in total. The molecule has 1 saturated heterocycles. The summed E-state index contributed by atoms with van der Waals surface area (Å²) in [4.78, 5) is 25.5. The standard InChI is InChI=1S/C17H20FNO4/c1-10(23-15-5-3-2-4-14(15)18)16(20)19-8-12(11-6-7-11)13(9-19)17(21)22/h2-5,10-13H,6-9H2,1H3,(H,21,22)/t10?,12-,13+/m1/s1. The maximum absolute atomic E-state index is 13.6. The van der Waals surface area contributed by atoms with Crippen LogP contribution in [0.4, 0.5) is 4.39 Å². The molecule has 3 atom stereocenters. The number of nitrogens with zero attached hydrogens (tertiary/aromatic N) is 1. The molecule has 1 aromatic rings. The minimum absolute atomic E-state index is 0.0251. The summed E-state index contributed by atoms with van der Waals surface area (Å²) in [5.74, 6) is -1.70. The summed E-state index contributed by atoms with van der Waals surface area (Å²) in [6, 6.07) is 5.92. The van der Waals surface area contributed by atoms with Crippen LogP contribution in [0.15, 0.2) is 24.3 Å². The Morgan fingerprint density at radius 3 is 2.61 bits per heavy atom. The van der Waals surface area contributed by atoms with Crippen LogP contribution in [-0.4, -0.2) is 41.1 Å². The summed E-state index contributed by atoms with van der Waals surface area (Å²) in [5, 5.41) is 9.35. The van der Waals surface area contributed by atoms with Crippen LogP contribution >= 0.6 is 0 Å². The Kier molecular flexibility index (Phi) is 4.24. The van der Waals surface area contributed by atoms with Crippen molar-refractivity contribution in [2.45, 2.75) is 25.9 Å². The molecule has 2 aliphatic rings. The zero-order valence-corrected chi connectivity index (χ0v) is 12.9. The second-order valence-electron chi connectivity index (χ2n) is 6.38. The Morgan fingerprint density at radius 1 is 1.30 bits per heavy atom. The minimum Gasteiger partial charge on any atom is -0.481 e. The second-order valence-corrected chi connectivity index (χ2v) is 6.38. The number of hydrogen-bond donors (Lipinski definition) is 1. The highest BCUT2D eigenvalue weighted by Crippen LogP contribution is 2.44. The van der Waals surface area contributed by atoms with Crippen LogP contribution in [-0.2, 0) is 9.59 Å². The minimum atomic E-state index is -0.848. The number of carbonyl (C=O) groups excluding carboxylic acids is 1. The Morgan fingerprint density at radius 2 is 2.00 bits per heavy atom. The second kappa shape index (κ2) is 6.18. The summed E-state index contributed by atoms with van der Waals surface area (Å²) >= 11 is 0. The Hall–Kier alpha value is -2.11. The molecule has 3 rings (SSSR count). The molecule has 0 bridgehead atoms. The van der Waals surface area contributed by atoms with Gasteiger partial charge in [0.15, 0.2) is 17.7 Å². The fraction of sp³-hybridized carbons (Fsp3) is 0.529. The molecule has 1 saturated carbocycles. The van der Waals surface area contributed by atoms with Crippen molar-refractivity contribution in [2.24, 2.45) is 17.8 Å². The van der Waals surface area contributed by atoms with E-state index in [9.17, 15) is 19.1 Å². The maximum Gasteiger partial charge on any atom is 0.308 e. The van der Waals surface area contributed by atoms with E-state index in [-0.39, 0.29) is 24.1 Å². The molecule has 0 spiro atoms. The molecular weight excluding hydrogens is 301 g/mol. The number of halogens is 1. The quantitative estimate of drug-likeness (QED) is 0.902. The molecule has 23 heavy (non-hydrogen) atoms. The van der Waals surface area contributed by atoms with Gasteiger partial charge >= 0.3 is 5.97 Å². The van der Waals surface area contributed by atoms with Gasteiger partial charge < -0.3 is 14.7 Å². The molecule has 1 aliphatic heterocycles. The average Bonchev–Trinajstić information content (AvgIpc) is 3.27. The van der Waals surface area contributed by atoms with Crippen molar-refractivity contribution < 1.29 is 23.8 Å². The normalized spacial score (nSPS) is 25.2. The van der Waals surface area contributed by atoms with Gasteiger partial charge in [0.1, 0.15) is 0 Å². The highest BCUT2D eigenvalue weighted by Gasteiger charge is 2.47. The number of ether oxygens (including phenoxy) is 1. The van der Waals surface area contributed by atoms with Crippen molar-refractivity contribution in [1.29, 1.82) is 0 Å². The van der Waals surface area contributed by atoms with Crippen molar-refractivity contribution in [3.63, 3.8) is 0 Å². The van der Waals surface area contributed by atoms with Crippen molar-refractivity contribution >= 4 is 11.9 Å². The monoisotopic (exact) mass is 321 g/mol. The van der Waals surface area contributed by atoms with Crippen molar-refractivity contribution in [1.82, 2.24) is 4.90 Å². The predicted octanol–water partition coefficient (Wildman–Crippen LogP) is 2.16. The first kappa shape index (κ1) is 15.8. The van der Waals surface area contributed by atoms with Gasteiger partial charge in [0.05, 0.1) is 5.92 Å². The van der Waals surface area contributed by atoms with Crippen LogP contribution < -0.4 is 4.74 Å². The van der Waals surface area contributed by atoms with E-state index < -0.39 is 23.8 Å². The van der Waals surface area contributed by atoms with Gasteiger partial charge in [0.25, 0.3) is 5.91 Å². The van der Waals surface area contributed by atoms with Crippen LogP contribution in [0.3, 0.4) is 0 Å². The molecule has 0 aromatic heterocycles. The zero-order valence-electron chi connectivity index (χ0n) is 12.9. The number of hydrogen-bond acceptors (Lipinski definition) is 3. The molecule has 1 N–H and O–H groups in total. The summed E-state index contributed by atoms with van der Waals surface area (Å²) < 4.78 is 19.0. The molecule has 1 heterocycles. The molecule has 2 fully saturated rings. The lowest BCUT2D eigenvalue weighted by Gasteiger charge is -2.22. The number of aliphatic carboxylic acids is 1. The number of benzene rings is 1. The third-order valence-corrected chi connectivity index (χ3v) is 4.71. The topological polar surface area (TPSA) is 66.8 Å². The lowest BCUT2D eigenvalue weighted by atomic mass is 9.92. The highest BCUT2D eigenvalue weighted by molar-refractivity contribution is 5.82. The molecular formula is C17H20FNO4. The van der Waals surface area contributed by atoms with E-state index in [1.807, 2.05) is 0 Å². The lowest BCUT2D eigenvalue weighted by molar-refractivity contribution is -0.143. The Balaban J connectivity index is 1.65. The van der Waals surface area contributed by atoms with Gasteiger partial charge in [-0.3, -0.25) is 9.59 Å². The van der Waals surface area contributed by atoms with Crippen molar-refractivity contribution in [3.05, 3.63) is 30.1 Å². The van der Waals surface area contributed by atoms with Crippen LogP contribution in [0.2, 0.25) is 0 Å². The van der Waals surface area contributed by atoms with E-state index in [2.05, 4.69) is 0 Å². The predicted molar refractivity (Wildman–Crippen MR) is 80.4 cm³/mol.